The molecule has 1 fully saturated rings. The molecule has 0 unspecified atom stereocenters. The lowest BCUT2D eigenvalue weighted by molar-refractivity contribution is 0.442. The van der Waals surface area contributed by atoms with Gasteiger partial charge in [-0.2, -0.15) is 0 Å². The van der Waals surface area contributed by atoms with Crippen LogP contribution in [-0.4, -0.2) is 35.6 Å². The van der Waals surface area contributed by atoms with E-state index in [1.807, 2.05) is 26.2 Å². The van der Waals surface area contributed by atoms with E-state index in [2.05, 4.69) is 21.3 Å². The third kappa shape index (κ3) is 2.41. The van der Waals surface area contributed by atoms with Crippen LogP contribution < -0.4 is 15.8 Å². The fourth-order valence-corrected chi connectivity index (χ4v) is 2.82. The maximum Gasteiger partial charge on any atom is 0.258 e. The monoisotopic (exact) mass is 272 g/mol. The van der Waals surface area contributed by atoms with Gasteiger partial charge in [-0.3, -0.25) is 9.20 Å². The maximum atomic E-state index is 12.0. The molecule has 0 bridgehead atoms. The second-order valence-electron chi connectivity index (χ2n) is 5.40. The van der Waals surface area contributed by atoms with Crippen molar-refractivity contribution in [3.63, 3.8) is 0 Å². The molecule has 0 spiro atoms. The van der Waals surface area contributed by atoms with E-state index in [0.717, 1.165) is 37.3 Å². The highest BCUT2D eigenvalue weighted by atomic mass is 16.1. The molecular formula is C15H20N4O. The van der Waals surface area contributed by atoms with Gasteiger partial charge in [-0.15, -0.1) is 0 Å². The van der Waals surface area contributed by atoms with E-state index < -0.39 is 0 Å². The number of piperidine rings is 1. The maximum absolute atomic E-state index is 12.0. The van der Waals surface area contributed by atoms with Crippen LogP contribution in [0.15, 0.2) is 29.2 Å². The molecule has 0 aliphatic carbocycles. The summed E-state index contributed by atoms with van der Waals surface area (Å²) in [5.41, 5.74) is 2.56. The number of nitrogens with zero attached hydrogens (tertiary/aromatic N) is 3. The first-order chi connectivity index (χ1) is 9.67. The molecule has 1 N–H and O–H groups in total. The molecule has 5 nitrogen and oxygen atoms in total. The molecule has 0 aromatic carbocycles. The van der Waals surface area contributed by atoms with Crippen LogP contribution in [0.2, 0.25) is 0 Å². The summed E-state index contributed by atoms with van der Waals surface area (Å²) in [6.45, 7) is 3.88. The second-order valence-corrected chi connectivity index (χ2v) is 5.40. The normalized spacial score (nSPS) is 16.8. The van der Waals surface area contributed by atoms with Gasteiger partial charge < -0.3 is 10.2 Å². The molecular weight excluding hydrogens is 252 g/mol. The van der Waals surface area contributed by atoms with E-state index in [1.54, 1.807) is 10.5 Å². The van der Waals surface area contributed by atoms with Crippen molar-refractivity contribution < 1.29 is 0 Å². The molecule has 2 aromatic rings. The van der Waals surface area contributed by atoms with Gasteiger partial charge in [-0.1, -0.05) is 0 Å². The summed E-state index contributed by atoms with van der Waals surface area (Å²) in [4.78, 5) is 18.7. The van der Waals surface area contributed by atoms with Gasteiger partial charge in [-0.25, -0.2) is 4.98 Å². The highest BCUT2D eigenvalue weighted by Crippen LogP contribution is 2.19. The molecule has 106 valence electrons. The quantitative estimate of drug-likeness (QED) is 0.892. The summed E-state index contributed by atoms with van der Waals surface area (Å²) in [6.07, 6.45) is 4.18. The largest absolute Gasteiger partial charge is 0.370 e. The van der Waals surface area contributed by atoms with E-state index in [1.165, 1.54) is 0 Å². The zero-order valence-electron chi connectivity index (χ0n) is 12.0. The Morgan fingerprint density at radius 3 is 2.75 bits per heavy atom. The van der Waals surface area contributed by atoms with Crippen LogP contribution in [0.4, 0.5) is 5.69 Å². The summed E-state index contributed by atoms with van der Waals surface area (Å²) in [6, 6.07) is 6.16. The number of pyridine rings is 1. The Bertz CT molecular complexity index is 671. The van der Waals surface area contributed by atoms with Crippen molar-refractivity contribution in [1.82, 2.24) is 14.7 Å². The number of anilines is 1. The number of aromatic nitrogens is 2. The lowest BCUT2D eigenvalue weighted by Crippen LogP contribution is -2.41. The van der Waals surface area contributed by atoms with E-state index >= 15 is 0 Å². The predicted octanol–water partition coefficient (Wildman–Crippen LogP) is 1.19. The molecule has 1 aliphatic heterocycles. The first-order valence-electron chi connectivity index (χ1n) is 7.09. The molecule has 5 heteroatoms. The molecule has 20 heavy (non-hydrogen) atoms. The fraction of sp³-hybridized carbons (Fsp3) is 0.467. The molecule has 3 rings (SSSR count). The molecule has 0 amide bonds. The fourth-order valence-electron chi connectivity index (χ4n) is 2.82. The zero-order chi connectivity index (χ0) is 14.1. The van der Waals surface area contributed by atoms with Crippen LogP contribution in [0.5, 0.6) is 0 Å². The first kappa shape index (κ1) is 13.1. The Morgan fingerprint density at radius 1 is 1.30 bits per heavy atom. The molecule has 1 saturated heterocycles. The number of nitrogens with one attached hydrogen (secondary N) is 1. The summed E-state index contributed by atoms with van der Waals surface area (Å²) in [5.74, 6) is 0. The number of aryl methyl sites for hydroxylation is 1. The molecule has 0 atom stereocenters. The van der Waals surface area contributed by atoms with Gasteiger partial charge in [-0.05, 0) is 38.9 Å². The highest BCUT2D eigenvalue weighted by molar-refractivity contribution is 5.52. The van der Waals surface area contributed by atoms with E-state index in [0.29, 0.717) is 11.7 Å². The lowest BCUT2D eigenvalue weighted by atomic mass is 10.1. The van der Waals surface area contributed by atoms with Crippen LogP contribution in [0.25, 0.3) is 5.65 Å². The third-order valence-electron chi connectivity index (χ3n) is 4.04. The van der Waals surface area contributed by atoms with E-state index in [9.17, 15) is 4.79 Å². The molecule has 2 aromatic heterocycles. The summed E-state index contributed by atoms with van der Waals surface area (Å²) < 4.78 is 1.63. The van der Waals surface area contributed by atoms with Gasteiger partial charge in [0.05, 0.1) is 5.69 Å². The lowest BCUT2D eigenvalue weighted by Gasteiger charge is -2.33. The van der Waals surface area contributed by atoms with Crippen LogP contribution in [0.1, 0.15) is 18.5 Å². The predicted molar refractivity (Wildman–Crippen MR) is 80.5 cm³/mol. The standard InChI is InChI=1S/C15H20N4O/c1-11-9-15(20)19-10-13(3-4-14(19)17-11)18-7-5-12(16-2)6-8-18/h3-4,9-10,12,16H,5-8H2,1-2H3. The highest BCUT2D eigenvalue weighted by Gasteiger charge is 2.18. The van der Waals surface area contributed by atoms with Crippen molar-refractivity contribution in [3.05, 3.63) is 40.4 Å². The van der Waals surface area contributed by atoms with Crippen molar-refractivity contribution >= 4 is 11.3 Å². The van der Waals surface area contributed by atoms with Crippen LogP contribution in [0, 0.1) is 6.92 Å². The van der Waals surface area contributed by atoms with Crippen molar-refractivity contribution in [2.75, 3.05) is 25.0 Å². The minimum Gasteiger partial charge on any atom is -0.370 e. The van der Waals surface area contributed by atoms with Crippen LogP contribution in [0.3, 0.4) is 0 Å². The van der Waals surface area contributed by atoms with E-state index in [-0.39, 0.29) is 5.56 Å². The number of hydrogen-bond acceptors (Lipinski definition) is 4. The Morgan fingerprint density at radius 2 is 2.05 bits per heavy atom. The van der Waals surface area contributed by atoms with Crippen LogP contribution >= 0.6 is 0 Å². The first-order valence-corrected chi connectivity index (χ1v) is 7.09. The molecule has 0 saturated carbocycles. The van der Waals surface area contributed by atoms with E-state index in [4.69, 9.17) is 0 Å². The van der Waals surface area contributed by atoms with Gasteiger partial charge >= 0.3 is 0 Å². The summed E-state index contributed by atoms with van der Waals surface area (Å²) in [7, 11) is 2.02. The summed E-state index contributed by atoms with van der Waals surface area (Å²) in [5, 5.41) is 3.33. The molecule has 0 radical (unpaired) electrons. The average molecular weight is 272 g/mol. The third-order valence-corrected chi connectivity index (χ3v) is 4.04. The molecule has 1 aliphatic rings. The Kier molecular flexibility index (Phi) is 3.44. The Hall–Kier alpha value is -1.88. The second kappa shape index (κ2) is 5.25. The van der Waals surface area contributed by atoms with Crippen LogP contribution in [-0.2, 0) is 0 Å². The Balaban J connectivity index is 1.92. The zero-order valence-corrected chi connectivity index (χ0v) is 12.0. The number of fused-ring (bicyclic) bond motifs is 1. The average Bonchev–Trinajstić information content (AvgIpc) is 2.47. The van der Waals surface area contributed by atoms with Crippen molar-refractivity contribution in [2.24, 2.45) is 0 Å². The number of rotatable bonds is 2. The van der Waals surface area contributed by atoms with Gasteiger partial charge in [0, 0.05) is 37.1 Å². The van der Waals surface area contributed by atoms with Gasteiger partial charge in [0.2, 0.25) is 0 Å². The van der Waals surface area contributed by atoms with Crippen molar-refractivity contribution in [3.8, 4) is 0 Å². The minimum atomic E-state index is -0.0144. The SMILES string of the molecule is CNC1CCN(c2ccc3nc(C)cc(=O)n3c2)CC1. The van der Waals surface area contributed by atoms with Crippen molar-refractivity contribution in [2.45, 2.75) is 25.8 Å². The number of hydrogen-bond donors (Lipinski definition) is 1. The van der Waals surface area contributed by atoms with Gasteiger partial charge in [0.15, 0.2) is 0 Å². The van der Waals surface area contributed by atoms with Gasteiger partial charge in [0.25, 0.3) is 5.56 Å². The minimum absolute atomic E-state index is 0.0144. The smallest absolute Gasteiger partial charge is 0.258 e. The van der Waals surface area contributed by atoms with Crippen molar-refractivity contribution in [1.29, 1.82) is 0 Å². The summed E-state index contributed by atoms with van der Waals surface area (Å²) >= 11 is 0. The Labute approximate surface area is 118 Å². The van der Waals surface area contributed by atoms with Gasteiger partial charge in [0.1, 0.15) is 5.65 Å². The molecule has 3 heterocycles. The topological polar surface area (TPSA) is 49.6 Å².